The third kappa shape index (κ3) is 2.96. The molecule has 0 bridgehead atoms. The van der Waals surface area contributed by atoms with Gasteiger partial charge in [0.25, 0.3) is 0 Å². The Kier molecular flexibility index (Phi) is 4.97. The summed E-state index contributed by atoms with van der Waals surface area (Å²) in [7, 11) is 1.69. The molecule has 0 aromatic heterocycles. The maximum atomic E-state index is 5.85. The van der Waals surface area contributed by atoms with Gasteiger partial charge in [-0.05, 0) is 31.9 Å². The molecule has 0 amide bonds. The number of methoxy groups -OCH3 is 1. The SMILES string of the molecule is CCOC1CC(Nc2cc(Br)cc(OC)c2)C1(C)CC. The summed E-state index contributed by atoms with van der Waals surface area (Å²) in [5.41, 5.74) is 1.29. The fraction of sp³-hybridized carbons (Fsp3) is 0.625. The molecule has 4 heteroatoms. The van der Waals surface area contributed by atoms with Crippen molar-refractivity contribution in [3.05, 3.63) is 22.7 Å². The minimum atomic E-state index is 0.200. The Balaban J connectivity index is 2.09. The van der Waals surface area contributed by atoms with Gasteiger partial charge < -0.3 is 14.8 Å². The summed E-state index contributed by atoms with van der Waals surface area (Å²) in [5.74, 6) is 0.862. The van der Waals surface area contributed by atoms with Gasteiger partial charge in [-0.3, -0.25) is 0 Å². The highest BCUT2D eigenvalue weighted by Gasteiger charge is 2.51. The van der Waals surface area contributed by atoms with E-state index in [4.69, 9.17) is 9.47 Å². The van der Waals surface area contributed by atoms with Crippen molar-refractivity contribution in [2.75, 3.05) is 19.0 Å². The number of anilines is 1. The van der Waals surface area contributed by atoms with Gasteiger partial charge in [0.1, 0.15) is 5.75 Å². The molecule has 2 rings (SSSR count). The van der Waals surface area contributed by atoms with Crippen molar-refractivity contribution in [2.45, 2.75) is 45.8 Å². The first-order chi connectivity index (χ1) is 9.53. The molecule has 0 saturated heterocycles. The Bertz CT molecular complexity index is 466. The maximum Gasteiger partial charge on any atom is 0.122 e. The van der Waals surface area contributed by atoms with Crippen LogP contribution < -0.4 is 10.1 Å². The molecule has 3 atom stereocenters. The zero-order valence-corrected chi connectivity index (χ0v) is 14.3. The molecule has 0 aliphatic heterocycles. The lowest BCUT2D eigenvalue weighted by molar-refractivity contribution is -0.109. The van der Waals surface area contributed by atoms with E-state index in [1.54, 1.807) is 7.11 Å². The number of rotatable bonds is 6. The molecule has 0 spiro atoms. The van der Waals surface area contributed by atoms with Crippen molar-refractivity contribution in [3.8, 4) is 5.75 Å². The number of nitrogens with one attached hydrogen (secondary N) is 1. The second kappa shape index (κ2) is 6.35. The molecule has 1 aliphatic rings. The van der Waals surface area contributed by atoms with Gasteiger partial charge in [-0.25, -0.2) is 0 Å². The lowest BCUT2D eigenvalue weighted by atomic mass is 9.61. The summed E-state index contributed by atoms with van der Waals surface area (Å²) < 4.78 is 12.2. The zero-order valence-electron chi connectivity index (χ0n) is 12.7. The Morgan fingerprint density at radius 1 is 1.35 bits per heavy atom. The van der Waals surface area contributed by atoms with Crippen LogP contribution in [0.1, 0.15) is 33.6 Å². The average molecular weight is 342 g/mol. The van der Waals surface area contributed by atoms with Crippen LogP contribution in [0.2, 0.25) is 0 Å². The van der Waals surface area contributed by atoms with E-state index in [1.165, 1.54) is 0 Å². The Morgan fingerprint density at radius 3 is 2.70 bits per heavy atom. The van der Waals surface area contributed by atoms with E-state index >= 15 is 0 Å². The highest BCUT2D eigenvalue weighted by Crippen LogP contribution is 2.47. The first-order valence-corrected chi connectivity index (χ1v) is 8.05. The van der Waals surface area contributed by atoms with Gasteiger partial charge >= 0.3 is 0 Å². The summed E-state index contributed by atoms with van der Waals surface area (Å²) in [5, 5.41) is 3.63. The van der Waals surface area contributed by atoms with Crippen LogP contribution in [0.25, 0.3) is 0 Å². The van der Waals surface area contributed by atoms with Crippen LogP contribution in [0, 0.1) is 5.41 Å². The molecule has 1 aromatic carbocycles. The number of hydrogen-bond acceptors (Lipinski definition) is 3. The lowest BCUT2D eigenvalue weighted by Gasteiger charge is -2.54. The van der Waals surface area contributed by atoms with E-state index in [1.807, 2.05) is 12.1 Å². The molecule has 112 valence electrons. The van der Waals surface area contributed by atoms with Gasteiger partial charge in [0.2, 0.25) is 0 Å². The van der Waals surface area contributed by atoms with Crippen LogP contribution in [-0.4, -0.2) is 25.9 Å². The fourth-order valence-electron chi connectivity index (χ4n) is 2.94. The molecular formula is C16H24BrNO2. The van der Waals surface area contributed by atoms with Crippen LogP contribution in [0.5, 0.6) is 5.75 Å². The minimum absolute atomic E-state index is 0.200. The van der Waals surface area contributed by atoms with Crippen LogP contribution in [0.4, 0.5) is 5.69 Å². The predicted molar refractivity (Wildman–Crippen MR) is 86.5 cm³/mol. The van der Waals surface area contributed by atoms with E-state index in [0.717, 1.165) is 35.4 Å². The van der Waals surface area contributed by atoms with Crippen molar-refractivity contribution >= 4 is 21.6 Å². The summed E-state index contributed by atoms with van der Waals surface area (Å²) in [4.78, 5) is 0. The van der Waals surface area contributed by atoms with Crippen molar-refractivity contribution in [3.63, 3.8) is 0 Å². The van der Waals surface area contributed by atoms with Crippen molar-refractivity contribution in [2.24, 2.45) is 5.41 Å². The van der Waals surface area contributed by atoms with E-state index in [9.17, 15) is 0 Å². The molecule has 3 nitrogen and oxygen atoms in total. The second-order valence-electron chi connectivity index (χ2n) is 5.62. The third-order valence-electron chi connectivity index (χ3n) is 4.56. The molecule has 1 aromatic rings. The van der Waals surface area contributed by atoms with E-state index in [2.05, 4.69) is 48.1 Å². The largest absolute Gasteiger partial charge is 0.497 e. The molecule has 1 saturated carbocycles. The highest BCUT2D eigenvalue weighted by molar-refractivity contribution is 9.10. The van der Waals surface area contributed by atoms with Gasteiger partial charge in [-0.15, -0.1) is 0 Å². The first kappa shape index (κ1) is 15.6. The molecule has 20 heavy (non-hydrogen) atoms. The quantitative estimate of drug-likeness (QED) is 0.828. The number of benzene rings is 1. The molecule has 0 heterocycles. The van der Waals surface area contributed by atoms with Gasteiger partial charge in [-0.1, -0.05) is 29.8 Å². The summed E-state index contributed by atoms with van der Waals surface area (Å²) >= 11 is 3.52. The normalized spacial score (nSPS) is 28.9. The topological polar surface area (TPSA) is 30.5 Å². The smallest absolute Gasteiger partial charge is 0.122 e. The first-order valence-electron chi connectivity index (χ1n) is 7.26. The van der Waals surface area contributed by atoms with Gasteiger partial charge in [-0.2, -0.15) is 0 Å². The van der Waals surface area contributed by atoms with Crippen molar-refractivity contribution in [1.82, 2.24) is 0 Å². The molecule has 0 radical (unpaired) electrons. The van der Waals surface area contributed by atoms with E-state index in [-0.39, 0.29) is 5.41 Å². The zero-order chi connectivity index (χ0) is 14.8. The fourth-order valence-corrected chi connectivity index (χ4v) is 3.41. The van der Waals surface area contributed by atoms with Gasteiger partial charge in [0, 0.05) is 34.3 Å². The Labute approximate surface area is 130 Å². The van der Waals surface area contributed by atoms with Crippen LogP contribution in [-0.2, 0) is 4.74 Å². The molecule has 1 N–H and O–H groups in total. The minimum Gasteiger partial charge on any atom is -0.497 e. The average Bonchev–Trinajstić information content (AvgIpc) is 2.44. The van der Waals surface area contributed by atoms with Crippen LogP contribution in [0.3, 0.4) is 0 Å². The molecular weight excluding hydrogens is 318 g/mol. The van der Waals surface area contributed by atoms with Crippen LogP contribution in [0.15, 0.2) is 22.7 Å². The second-order valence-corrected chi connectivity index (χ2v) is 6.53. The van der Waals surface area contributed by atoms with Gasteiger partial charge in [0.15, 0.2) is 0 Å². The highest BCUT2D eigenvalue weighted by atomic mass is 79.9. The lowest BCUT2D eigenvalue weighted by Crippen LogP contribution is -2.59. The third-order valence-corrected chi connectivity index (χ3v) is 5.02. The van der Waals surface area contributed by atoms with E-state index in [0.29, 0.717) is 12.1 Å². The maximum absolute atomic E-state index is 5.85. The predicted octanol–water partition coefficient (Wildman–Crippen LogP) is 4.46. The van der Waals surface area contributed by atoms with Crippen molar-refractivity contribution in [1.29, 1.82) is 0 Å². The van der Waals surface area contributed by atoms with Crippen molar-refractivity contribution < 1.29 is 9.47 Å². The monoisotopic (exact) mass is 341 g/mol. The van der Waals surface area contributed by atoms with Gasteiger partial charge in [0.05, 0.1) is 13.2 Å². The number of hydrogen-bond donors (Lipinski definition) is 1. The summed E-state index contributed by atoms with van der Waals surface area (Å²) in [6, 6.07) is 6.54. The molecule has 1 fully saturated rings. The van der Waals surface area contributed by atoms with Crippen LogP contribution >= 0.6 is 15.9 Å². The Hall–Kier alpha value is -0.740. The number of ether oxygens (including phenoxy) is 2. The summed E-state index contributed by atoms with van der Waals surface area (Å²) in [6.07, 6.45) is 2.54. The van der Waals surface area contributed by atoms with E-state index < -0.39 is 0 Å². The summed E-state index contributed by atoms with van der Waals surface area (Å²) in [6.45, 7) is 7.40. The molecule has 3 unspecified atom stereocenters. The Morgan fingerprint density at radius 2 is 2.10 bits per heavy atom. The number of halogens is 1. The molecule has 1 aliphatic carbocycles. The standard InChI is InChI=1S/C16H24BrNO2/c1-5-16(3)14(10-15(16)20-6-2)18-12-7-11(17)8-13(9-12)19-4/h7-9,14-15,18H,5-6,10H2,1-4H3.